The van der Waals surface area contributed by atoms with Crippen LogP contribution < -0.4 is 10.1 Å². The Morgan fingerprint density at radius 2 is 2.10 bits per heavy atom. The zero-order valence-electron chi connectivity index (χ0n) is 11.6. The molecule has 20 heavy (non-hydrogen) atoms. The van der Waals surface area contributed by atoms with Gasteiger partial charge in [0.2, 0.25) is 0 Å². The van der Waals surface area contributed by atoms with Crippen molar-refractivity contribution in [3.05, 3.63) is 40.9 Å². The Bertz CT molecular complexity index is 578. The van der Waals surface area contributed by atoms with Crippen LogP contribution in [-0.4, -0.2) is 19.7 Å². The van der Waals surface area contributed by atoms with Gasteiger partial charge >= 0.3 is 0 Å². The number of piperidine rings is 1. The van der Waals surface area contributed by atoms with Crippen LogP contribution in [0.4, 0.5) is 0 Å². The molecule has 2 nitrogen and oxygen atoms in total. The first-order valence-electron chi connectivity index (χ1n) is 7.35. The SMILES string of the molecule is Brc1c(OCCC2CCCNC2)ccc2ccccc12. The molecule has 0 radical (unpaired) electrons. The molecule has 0 spiro atoms. The lowest BCUT2D eigenvalue weighted by Gasteiger charge is -2.22. The van der Waals surface area contributed by atoms with E-state index < -0.39 is 0 Å². The van der Waals surface area contributed by atoms with Gasteiger partial charge in [0.25, 0.3) is 0 Å². The van der Waals surface area contributed by atoms with Gasteiger partial charge in [0, 0.05) is 0 Å². The molecule has 1 heterocycles. The molecule has 2 aromatic rings. The summed E-state index contributed by atoms with van der Waals surface area (Å²) in [6.07, 6.45) is 3.76. The van der Waals surface area contributed by atoms with Gasteiger partial charge in [0.15, 0.2) is 0 Å². The lowest BCUT2D eigenvalue weighted by atomic mass is 9.97. The molecule has 0 aromatic heterocycles. The van der Waals surface area contributed by atoms with E-state index in [-0.39, 0.29) is 0 Å². The standard InChI is InChI=1S/C17H20BrNO/c18-17-15-6-2-1-5-14(15)7-8-16(17)20-11-9-13-4-3-10-19-12-13/h1-2,5-8,13,19H,3-4,9-12H2. The third-order valence-corrected chi connectivity index (χ3v) is 4.83. The largest absolute Gasteiger partial charge is 0.492 e. The first-order valence-corrected chi connectivity index (χ1v) is 8.14. The maximum atomic E-state index is 5.97. The van der Waals surface area contributed by atoms with Crippen molar-refractivity contribution in [2.75, 3.05) is 19.7 Å². The minimum Gasteiger partial charge on any atom is -0.492 e. The zero-order chi connectivity index (χ0) is 13.8. The second-order valence-corrected chi connectivity index (χ2v) is 6.24. The molecule has 0 aliphatic carbocycles. The third-order valence-electron chi connectivity index (χ3n) is 4.01. The summed E-state index contributed by atoms with van der Waals surface area (Å²) in [6, 6.07) is 12.5. The van der Waals surface area contributed by atoms with Gasteiger partial charge in [-0.15, -0.1) is 0 Å². The van der Waals surface area contributed by atoms with Crippen LogP contribution in [0.25, 0.3) is 10.8 Å². The highest BCUT2D eigenvalue weighted by atomic mass is 79.9. The molecule has 3 rings (SSSR count). The van der Waals surface area contributed by atoms with Crippen molar-refractivity contribution in [1.82, 2.24) is 5.32 Å². The van der Waals surface area contributed by atoms with Crippen molar-refractivity contribution in [1.29, 1.82) is 0 Å². The Labute approximate surface area is 128 Å². The summed E-state index contributed by atoms with van der Waals surface area (Å²) in [7, 11) is 0. The van der Waals surface area contributed by atoms with E-state index in [1.807, 2.05) is 0 Å². The summed E-state index contributed by atoms with van der Waals surface area (Å²) < 4.78 is 7.04. The average molecular weight is 334 g/mol. The van der Waals surface area contributed by atoms with Crippen LogP contribution in [0, 0.1) is 5.92 Å². The highest BCUT2D eigenvalue weighted by Crippen LogP contribution is 2.33. The quantitative estimate of drug-likeness (QED) is 0.896. The Hall–Kier alpha value is -1.06. The molecule has 1 saturated heterocycles. The second-order valence-electron chi connectivity index (χ2n) is 5.45. The molecule has 0 saturated carbocycles. The molecule has 1 aliphatic rings. The fourth-order valence-corrected chi connectivity index (χ4v) is 3.44. The molecule has 1 N–H and O–H groups in total. The molecule has 106 valence electrons. The van der Waals surface area contributed by atoms with Gasteiger partial charge in [-0.1, -0.05) is 30.3 Å². The lowest BCUT2D eigenvalue weighted by Crippen LogP contribution is -2.30. The Balaban J connectivity index is 1.63. The van der Waals surface area contributed by atoms with Crippen molar-refractivity contribution in [3.63, 3.8) is 0 Å². The molecule has 0 bridgehead atoms. The summed E-state index contributed by atoms with van der Waals surface area (Å²) in [6.45, 7) is 3.11. The van der Waals surface area contributed by atoms with E-state index >= 15 is 0 Å². The molecule has 1 unspecified atom stereocenters. The van der Waals surface area contributed by atoms with Crippen molar-refractivity contribution in [3.8, 4) is 5.75 Å². The first kappa shape index (κ1) is 13.9. The highest BCUT2D eigenvalue weighted by molar-refractivity contribution is 9.10. The van der Waals surface area contributed by atoms with Gasteiger partial charge in [-0.25, -0.2) is 0 Å². The molecule has 3 heteroatoms. The van der Waals surface area contributed by atoms with Crippen LogP contribution in [0.1, 0.15) is 19.3 Å². The maximum absolute atomic E-state index is 5.97. The topological polar surface area (TPSA) is 21.3 Å². The van der Waals surface area contributed by atoms with E-state index in [1.165, 1.54) is 30.2 Å². The van der Waals surface area contributed by atoms with Crippen LogP contribution >= 0.6 is 15.9 Å². The molecule has 0 amide bonds. The second kappa shape index (κ2) is 6.59. The fourth-order valence-electron chi connectivity index (χ4n) is 2.83. The van der Waals surface area contributed by atoms with Crippen LogP contribution in [0.5, 0.6) is 5.75 Å². The number of halogens is 1. The minimum absolute atomic E-state index is 0.767. The first-order chi connectivity index (χ1) is 9.84. The Morgan fingerprint density at radius 3 is 2.95 bits per heavy atom. The van der Waals surface area contributed by atoms with Gasteiger partial charge in [0.05, 0.1) is 11.1 Å². The molecular weight excluding hydrogens is 314 g/mol. The number of ether oxygens (including phenoxy) is 1. The molecule has 1 atom stereocenters. The lowest BCUT2D eigenvalue weighted by molar-refractivity contribution is 0.253. The van der Waals surface area contributed by atoms with Crippen molar-refractivity contribution in [2.45, 2.75) is 19.3 Å². The monoisotopic (exact) mass is 333 g/mol. The van der Waals surface area contributed by atoms with Crippen molar-refractivity contribution >= 4 is 26.7 Å². The van der Waals surface area contributed by atoms with Gasteiger partial charge in [-0.05, 0) is 71.0 Å². The summed E-state index contributed by atoms with van der Waals surface area (Å²) in [5.74, 6) is 1.72. The van der Waals surface area contributed by atoms with Gasteiger partial charge in [-0.3, -0.25) is 0 Å². The van der Waals surface area contributed by atoms with E-state index in [4.69, 9.17) is 4.74 Å². The number of nitrogens with one attached hydrogen (secondary N) is 1. The van der Waals surface area contributed by atoms with E-state index in [0.717, 1.165) is 35.7 Å². The number of benzene rings is 2. The van der Waals surface area contributed by atoms with Gasteiger partial charge in [-0.2, -0.15) is 0 Å². The Kier molecular flexibility index (Phi) is 4.58. The fraction of sp³-hybridized carbons (Fsp3) is 0.412. The van der Waals surface area contributed by atoms with Crippen molar-refractivity contribution < 1.29 is 4.74 Å². The predicted octanol–water partition coefficient (Wildman–Crippen LogP) is 4.37. The van der Waals surface area contributed by atoms with Crippen LogP contribution in [0.15, 0.2) is 40.9 Å². The maximum Gasteiger partial charge on any atom is 0.134 e. The van der Waals surface area contributed by atoms with E-state index in [2.05, 4.69) is 57.6 Å². The van der Waals surface area contributed by atoms with Crippen LogP contribution in [0.2, 0.25) is 0 Å². The minimum atomic E-state index is 0.767. The van der Waals surface area contributed by atoms with Crippen LogP contribution in [-0.2, 0) is 0 Å². The molecule has 1 aliphatic heterocycles. The number of rotatable bonds is 4. The summed E-state index contributed by atoms with van der Waals surface area (Å²) in [4.78, 5) is 0. The van der Waals surface area contributed by atoms with Crippen molar-refractivity contribution in [2.24, 2.45) is 5.92 Å². The molecule has 1 fully saturated rings. The van der Waals surface area contributed by atoms with E-state index in [1.54, 1.807) is 0 Å². The third kappa shape index (κ3) is 3.15. The van der Waals surface area contributed by atoms with Gasteiger partial charge in [0.1, 0.15) is 5.75 Å². The van der Waals surface area contributed by atoms with Gasteiger partial charge < -0.3 is 10.1 Å². The van der Waals surface area contributed by atoms with Crippen LogP contribution in [0.3, 0.4) is 0 Å². The summed E-state index contributed by atoms with van der Waals surface area (Å²) in [5, 5.41) is 5.91. The number of fused-ring (bicyclic) bond motifs is 1. The highest BCUT2D eigenvalue weighted by Gasteiger charge is 2.13. The average Bonchev–Trinajstić information content (AvgIpc) is 2.51. The summed E-state index contributed by atoms with van der Waals surface area (Å²) >= 11 is 3.67. The number of hydrogen-bond acceptors (Lipinski definition) is 2. The van der Waals surface area contributed by atoms with E-state index in [9.17, 15) is 0 Å². The smallest absolute Gasteiger partial charge is 0.134 e. The zero-order valence-corrected chi connectivity index (χ0v) is 13.2. The molecular formula is C17H20BrNO. The number of hydrogen-bond donors (Lipinski definition) is 1. The normalized spacial score (nSPS) is 19.1. The van der Waals surface area contributed by atoms with E-state index in [0.29, 0.717) is 0 Å². The predicted molar refractivity (Wildman–Crippen MR) is 87.4 cm³/mol. The molecule has 2 aromatic carbocycles. The Morgan fingerprint density at radius 1 is 1.20 bits per heavy atom. The summed E-state index contributed by atoms with van der Waals surface area (Å²) in [5.41, 5.74) is 0.